The van der Waals surface area contributed by atoms with Crippen LogP contribution in [-0.2, 0) is 11.2 Å². The molecular formula is C11H12N4O5. The van der Waals surface area contributed by atoms with E-state index in [2.05, 4.69) is 4.84 Å². The number of aromatic nitrogens is 3. The van der Waals surface area contributed by atoms with Crippen molar-refractivity contribution in [2.75, 3.05) is 0 Å². The lowest BCUT2D eigenvalue weighted by Gasteiger charge is -2.10. The molecule has 0 aliphatic carbocycles. The average Bonchev–Trinajstić information content (AvgIpc) is 2.70. The topological polar surface area (TPSA) is 143 Å². The van der Waals surface area contributed by atoms with Gasteiger partial charge in [-0.2, -0.15) is 0 Å². The molecule has 106 valence electrons. The number of nitrogens with one attached hydrogen (secondary N) is 2. The summed E-state index contributed by atoms with van der Waals surface area (Å²) in [5.41, 5.74) is 4.65. The monoisotopic (exact) mass is 280 g/mol. The van der Waals surface area contributed by atoms with Crippen molar-refractivity contribution >= 4 is 5.97 Å². The van der Waals surface area contributed by atoms with Crippen molar-refractivity contribution in [2.45, 2.75) is 12.5 Å². The number of carbonyl (C=O) groups excluding carboxylic acids is 1. The molecule has 0 unspecified atom stereocenters. The van der Waals surface area contributed by atoms with Crippen molar-refractivity contribution in [3.05, 3.63) is 50.8 Å². The molecule has 2 rings (SSSR count). The normalized spacial score (nSPS) is 12.1. The molecule has 0 aliphatic heterocycles. The van der Waals surface area contributed by atoms with Crippen LogP contribution in [0.3, 0.4) is 0 Å². The van der Waals surface area contributed by atoms with Gasteiger partial charge in [-0.3, -0.25) is 4.98 Å². The fourth-order valence-electron chi connectivity index (χ4n) is 1.51. The van der Waals surface area contributed by atoms with Gasteiger partial charge < -0.3 is 15.7 Å². The highest BCUT2D eigenvalue weighted by atomic mass is 16.7. The molecule has 0 spiro atoms. The van der Waals surface area contributed by atoms with E-state index in [1.165, 1.54) is 12.1 Å². The third-order valence-electron chi connectivity index (χ3n) is 2.48. The summed E-state index contributed by atoms with van der Waals surface area (Å²) in [4.78, 5) is 40.4. The number of rotatable bonds is 4. The molecule has 9 nitrogen and oxygen atoms in total. The molecule has 9 heteroatoms. The van der Waals surface area contributed by atoms with Crippen molar-refractivity contribution in [1.82, 2.24) is 14.9 Å². The zero-order chi connectivity index (χ0) is 14.7. The maximum atomic E-state index is 11.7. The zero-order valence-corrected chi connectivity index (χ0v) is 10.2. The number of aromatic hydroxyl groups is 1. The van der Waals surface area contributed by atoms with Crippen LogP contribution in [0.1, 0.15) is 5.56 Å². The Bertz CT molecular complexity index is 711. The van der Waals surface area contributed by atoms with Gasteiger partial charge in [0.1, 0.15) is 11.8 Å². The molecule has 0 saturated carbocycles. The predicted octanol–water partition coefficient (Wildman–Crippen LogP) is -1.90. The molecule has 2 aromatic rings. The first-order valence-corrected chi connectivity index (χ1v) is 5.63. The third-order valence-corrected chi connectivity index (χ3v) is 2.48. The lowest BCUT2D eigenvalue weighted by Crippen LogP contribution is -2.42. The second kappa shape index (κ2) is 5.45. The highest BCUT2D eigenvalue weighted by Gasteiger charge is 2.18. The lowest BCUT2D eigenvalue weighted by atomic mass is 10.1. The average molecular weight is 280 g/mol. The van der Waals surface area contributed by atoms with Crippen LogP contribution >= 0.6 is 0 Å². The highest BCUT2D eigenvalue weighted by molar-refractivity contribution is 5.76. The van der Waals surface area contributed by atoms with Gasteiger partial charge in [0.2, 0.25) is 0 Å². The van der Waals surface area contributed by atoms with E-state index in [1.54, 1.807) is 12.1 Å². The van der Waals surface area contributed by atoms with E-state index in [-0.39, 0.29) is 12.2 Å². The van der Waals surface area contributed by atoms with E-state index < -0.39 is 23.4 Å². The first kappa shape index (κ1) is 13.6. The number of hydrogen-bond donors (Lipinski definition) is 4. The summed E-state index contributed by atoms with van der Waals surface area (Å²) >= 11 is 0. The quantitative estimate of drug-likeness (QED) is 0.515. The van der Waals surface area contributed by atoms with Crippen molar-refractivity contribution < 1.29 is 14.7 Å². The summed E-state index contributed by atoms with van der Waals surface area (Å²) in [5, 5.41) is 11.1. The minimum absolute atomic E-state index is 0.0985. The molecule has 1 heterocycles. The molecule has 0 aliphatic rings. The third kappa shape index (κ3) is 3.14. The fraction of sp³-hybridized carbons (Fsp3) is 0.182. The van der Waals surface area contributed by atoms with Crippen molar-refractivity contribution in [1.29, 1.82) is 0 Å². The lowest BCUT2D eigenvalue weighted by molar-refractivity contribution is -0.147. The summed E-state index contributed by atoms with van der Waals surface area (Å²) < 4.78 is 0. The molecule has 0 bridgehead atoms. The second-order valence-electron chi connectivity index (χ2n) is 4.05. The standard InChI is InChI=1S/C11H12N4O5/c12-8(5-6-1-3-7(16)4-2-6)9(17)20-15-11(19)13-10(18)14-15/h1-4,8,16H,5,12H2,(H2,13,14,18,19)/t8-/m0/s1. The van der Waals surface area contributed by atoms with E-state index in [0.717, 1.165) is 0 Å². The maximum Gasteiger partial charge on any atom is 0.379 e. The Hall–Kier alpha value is -2.81. The number of benzene rings is 1. The number of phenolic OH excluding ortho intramolecular Hbond substituents is 1. The zero-order valence-electron chi connectivity index (χ0n) is 10.2. The number of aromatic amines is 2. The maximum absolute atomic E-state index is 11.7. The van der Waals surface area contributed by atoms with E-state index in [4.69, 9.17) is 10.8 Å². The summed E-state index contributed by atoms with van der Waals surface area (Å²) in [5.74, 6) is -0.781. The van der Waals surface area contributed by atoms with E-state index >= 15 is 0 Å². The largest absolute Gasteiger partial charge is 0.508 e. The van der Waals surface area contributed by atoms with Gasteiger partial charge in [0, 0.05) is 0 Å². The predicted molar refractivity (Wildman–Crippen MR) is 67.0 cm³/mol. The molecule has 0 saturated heterocycles. The summed E-state index contributed by atoms with van der Waals surface area (Å²) in [6, 6.07) is 5.10. The Kier molecular flexibility index (Phi) is 3.71. The molecule has 5 N–H and O–H groups in total. The van der Waals surface area contributed by atoms with Crippen molar-refractivity contribution in [3.8, 4) is 5.75 Å². The molecule has 0 radical (unpaired) electrons. The molecular weight excluding hydrogens is 268 g/mol. The molecule has 20 heavy (non-hydrogen) atoms. The summed E-state index contributed by atoms with van der Waals surface area (Å²) in [7, 11) is 0. The first-order valence-electron chi connectivity index (χ1n) is 5.63. The molecule has 1 aromatic carbocycles. The number of hydrogen-bond acceptors (Lipinski definition) is 6. The van der Waals surface area contributed by atoms with Gasteiger partial charge in [0.05, 0.1) is 0 Å². The number of phenols is 1. The number of nitrogens with zero attached hydrogens (tertiary/aromatic N) is 1. The van der Waals surface area contributed by atoms with Crippen molar-refractivity contribution in [2.24, 2.45) is 5.73 Å². The van der Waals surface area contributed by atoms with Crippen LogP contribution in [0.5, 0.6) is 5.75 Å². The smallest absolute Gasteiger partial charge is 0.379 e. The van der Waals surface area contributed by atoms with Crippen LogP contribution in [-0.4, -0.2) is 32.0 Å². The Morgan fingerprint density at radius 2 is 2.00 bits per heavy atom. The summed E-state index contributed by atoms with van der Waals surface area (Å²) in [6.45, 7) is 0. The Balaban J connectivity index is 2.02. The van der Waals surface area contributed by atoms with Crippen LogP contribution in [0.2, 0.25) is 0 Å². The number of nitrogens with two attached hydrogens (primary N) is 1. The number of H-pyrrole nitrogens is 2. The Labute approximate surface area is 111 Å². The SMILES string of the molecule is N[C@@H](Cc1ccc(O)cc1)C(=O)On1[nH]c(=O)[nH]c1=O. The first-order chi connectivity index (χ1) is 9.45. The van der Waals surface area contributed by atoms with Crippen LogP contribution in [0.4, 0.5) is 0 Å². The van der Waals surface area contributed by atoms with E-state index in [1.807, 2.05) is 10.1 Å². The van der Waals surface area contributed by atoms with Crippen LogP contribution < -0.4 is 22.0 Å². The van der Waals surface area contributed by atoms with E-state index in [9.17, 15) is 14.4 Å². The van der Waals surface area contributed by atoms with Crippen LogP contribution in [0.25, 0.3) is 0 Å². The highest BCUT2D eigenvalue weighted by Crippen LogP contribution is 2.10. The molecule has 1 atom stereocenters. The van der Waals surface area contributed by atoms with Crippen LogP contribution in [0, 0.1) is 0 Å². The number of carbonyl (C=O) groups is 1. The van der Waals surface area contributed by atoms with Gasteiger partial charge in [-0.15, -0.1) is 0 Å². The Morgan fingerprint density at radius 3 is 2.55 bits per heavy atom. The molecule has 0 amide bonds. The minimum atomic E-state index is -1.02. The molecule has 1 aromatic heterocycles. The Morgan fingerprint density at radius 1 is 1.35 bits per heavy atom. The van der Waals surface area contributed by atoms with Crippen LogP contribution in [0.15, 0.2) is 33.9 Å². The molecule has 0 fully saturated rings. The van der Waals surface area contributed by atoms with Gasteiger partial charge in [-0.25, -0.2) is 19.5 Å². The van der Waals surface area contributed by atoms with Gasteiger partial charge in [0.15, 0.2) is 0 Å². The van der Waals surface area contributed by atoms with Gasteiger partial charge in [-0.1, -0.05) is 12.1 Å². The second-order valence-corrected chi connectivity index (χ2v) is 4.05. The van der Waals surface area contributed by atoms with Gasteiger partial charge >= 0.3 is 17.3 Å². The van der Waals surface area contributed by atoms with Gasteiger partial charge in [-0.05, 0) is 29.0 Å². The minimum Gasteiger partial charge on any atom is -0.508 e. The van der Waals surface area contributed by atoms with E-state index in [0.29, 0.717) is 10.4 Å². The fourth-order valence-corrected chi connectivity index (χ4v) is 1.51. The van der Waals surface area contributed by atoms with Crippen molar-refractivity contribution in [3.63, 3.8) is 0 Å². The summed E-state index contributed by atoms with van der Waals surface area (Å²) in [6.07, 6.45) is 0.155. The van der Waals surface area contributed by atoms with Gasteiger partial charge in [0.25, 0.3) is 0 Å².